The van der Waals surface area contributed by atoms with Gasteiger partial charge >= 0.3 is 0 Å². The lowest BCUT2D eigenvalue weighted by molar-refractivity contribution is -0.0697. The zero-order valence-electron chi connectivity index (χ0n) is 14.0. The van der Waals surface area contributed by atoms with Crippen molar-refractivity contribution in [3.63, 3.8) is 0 Å². The van der Waals surface area contributed by atoms with E-state index in [0.717, 1.165) is 18.6 Å². The normalized spacial score (nSPS) is 22.1. The minimum Gasteiger partial charge on any atom is -0.368 e. The number of amides is 1. The standard InChI is InChI=1S/C17H24F2N2O2/c1-16(2)10-13(17(3,4)23-16)20-8-9-21-15(22)14-11(18)6-5-7-12(14)19/h5-7,13,20H,8-10H2,1-4H3,(H,21,22)/t13-/m0/s1. The average Bonchev–Trinajstić information content (AvgIpc) is 2.62. The Balaban J connectivity index is 1.83. The largest absolute Gasteiger partial charge is 0.368 e. The van der Waals surface area contributed by atoms with Crippen molar-refractivity contribution in [3.05, 3.63) is 35.4 Å². The van der Waals surface area contributed by atoms with E-state index in [1.807, 2.05) is 27.7 Å². The van der Waals surface area contributed by atoms with Crippen LogP contribution in [0.5, 0.6) is 0 Å². The summed E-state index contributed by atoms with van der Waals surface area (Å²) in [5.74, 6) is -2.46. The highest BCUT2D eigenvalue weighted by molar-refractivity contribution is 5.94. The Morgan fingerprint density at radius 1 is 1.22 bits per heavy atom. The number of ether oxygens (including phenoxy) is 1. The average molecular weight is 326 g/mol. The molecular formula is C17H24F2N2O2. The molecule has 23 heavy (non-hydrogen) atoms. The molecule has 0 aliphatic carbocycles. The molecule has 1 fully saturated rings. The summed E-state index contributed by atoms with van der Waals surface area (Å²) in [5.41, 5.74) is -1.04. The van der Waals surface area contributed by atoms with Gasteiger partial charge in [0.25, 0.3) is 5.91 Å². The molecule has 1 amide bonds. The Kier molecular flexibility index (Phi) is 5.06. The second-order valence-electron chi connectivity index (χ2n) is 7.03. The van der Waals surface area contributed by atoms with Crippen molar-refractivity contribution in [1.29, 1.82) is 0 Å². The number of carbonyl (C=O) groups excluding carboxylic acids is 1. The molecule has 0 bridgehead atoms. The van der Waals surface area contributed by atoms with Gasteiger partial charge in [0.15, 0.2) is 0 Å². The number of hydrogen-bond donors (Lipinski definition) is 2. The fraction of sp³-hybridized carbons (Fsp3) is 0.588. The minimum atomic E-state index is -0.859. The molecule has 1 aromatic carbocycles. The fourth-order valence-corrected chi connectivity index (χ4v) is 3.11. The summed E-state index contributed by atoms with van der Waals surface area (Å²) in [4.78, 5) is 11.9. The van der Waals surface area contributed by atoms with Gasteiger partial charge in [-0.1, -0.05) is 6.07 Å². The lowest BCUT2D eigenvalue weighted by Gasteiger charge is -2.27. The molecule has 0 spiro atoms. The molecule has 1 heterocycles. The van der Waals surface area contributed by atoms with E-state index in [1.165, 1.54) is 6.07 Å². The predicted molar refractivity (Wildman–Crippen MR) is 84.3 cm³/mol. The number of benzene rings is 1. The molecule has 4 nitrogen and oxygen atoms in total. The van der Waals surface area contributed by atoms with Crippen LogP contribution in [0.3, 0.4) is 0 Å². The van der Waals surface area contributed by atoms with E-state index in [9.17, 15) is 13.6 Å². The number of hydrogen-bond acceptors (Lipinski definition) is 3. The van der Waals surface area contributed by atoms with E-state index in [2.05, 4.69) is 10.6 Å². The Morgan fingerprint density at radius 2 is 1.83 bits per heavy atom. The molecule has 128 valence electrons. The Labute approximate surface area is 135 Å². The zero-order valence-corrected chi connectivity index (χ0v) is 14.0. The Morgan fingerprint density at radius 3 is 2.35 bits per heavy atom. The van der Waals surface area contributed by atoms with Crippen LogP contribution in [0.4, 0.5) is 8.78 Å². The summed E-state index contributed by atoms with van der Waals surface area (Å²) in [6.07, 6.45) is 0.857. The maximum atomic E-state index is 13.5. The van der Waals surface area contributed by atoms with Gasteiger partial charge in [0, 0.05) is 19.1 Å². The zero-order chi connectivity index (χ0) is 17.3. The van der Waals surface area contributed by atoms with E-state index < -0.39 is 23.1 Å². The van der Waals surface area contributed by atoms with Crippen molar-refractivity contribution in [2.75, 3.05) is 13.1 Å². The topological polar surface area (TPSA) is 50.4 Å². The maximum Gasteiger partial charge on any atom is 0.257 e. The smallest absolute Gasteiger partial charge is 0.257 e. The van der Waals surface area contributed by atoms with Crippen LogP contribution < -0.4 is 10.6 Å². The van der Waals surface area contributed by atoms with Crippen molar-refractivity contribution in [2.45, 2.75) is 51.4 Å². The second-order valence-corrected chi connectivity index (χ2v) is 7.03. The first-order valence-electron chi connectivity index (χ1n) is 7.78. The highest BCUT2D eigenvalue weighted by atomic mass is 19.1. The predicted octanol–water partition coefficient (Wildman–Crippen LogP) is 2.63. The van der Waals surface area contributed by atoms with Crippen molar-refractivity contribution >= 4 is 5.91 Å². The quantitative estimate of drug-likeness (QED) is 0.818. The van der Waals surface area contributed by atoms with Gasteiger partial charge in [-0.15, -0.1) is 0 Å². The van der Waals surface area contributed by atoms with Crippen LogP contribution in [0.15, 0.2) is 18.2 Å². The molecule has 1 aliphatic rings. The Bertz CT molecular complexity index is 568. The first-order valence-corrected chi connectivity index (χ1v) is 7.78. The van der Waals surface area contributed by atoms with Gasteiger partial charge < -0.3 is 15.4 Å². The minimum absolute atomic E-state index is 0.152. The van der Waals surface area contributed by atoms with E-state index in [-0.39, 0.29) is 23.8 Å². The van der Waals surface area contributed by atoms with Crippen LogP contribution in [0.1, 0.15) is 44.5 Å². The van der Waals surface area contributed by atoms with Crippen molar-refractivity contribution in [2.24, 2.45) is 0 Å². The summed E-state index contributed by atoms with van der Waals surface area (Å²) in [6.45, 7) is 8.90. The van der Waals surface area contributed by atoms with Crippen LogP contribution in [-0.4, -0.2) is 36.2 Å². The van der Waals surface area contributed by atoms with E-state index in [0.29, 0.717) is 6.54 Å². The first-order chi connectivity index (χ1) is 10.6. The van der Waals surface area contributed by atoms with Crippen LogP contribution in [0.25, 0.3) is 0 Å². The molecule has 0 saturated carbocycles. The van der Waals surface area contributed by atoms with E-state index in [1.54, 1.807) is 0 Å². The van der Waals surface area contributed by atoms with Gasteiger partial charge in [-0.2, -0.15) is 0 Å². The molecule has 2 N–H and O–H groups in total. The van der Waals surface area contributed by atoms with Gasteiger partial charge in [-0.3, -0.25) is 4.79 Å². The van der Waals surface area contributed by atoms with Crippen LogP contribution in [0.2, 0.25) is 0 Å². The molecular weight excluding hydrogens is 302 g/mol. The van der Waals surface area contributed by atoms with Gasteiger partial charge in [0.1, 0.15) is 17.2 Å². The van der Waals surface area contributed by atoms with Gasteiger partial charge in [0.05, 0.1) is 11.2 Å². The van der Waals surface area contributed by atoms with Crippen LogP contribution >= 0.6 is 0 Å². The first kappa shape index (κ1) is 17.8. The van der Waals surface area contributed by atoms with Crippen molar-refractivity contribution in [1.82, 2.24) is 10.6 Å². The van der Waals surface area contributed by atoms with Gasteiger partial charge in [-0.25, -0.2) is 8.78 Å². The lowest BCUT2D eigenvalue weighted by atomic mass is 9.94. The monoisotopic (exact) mass is 326 g/mol. The van der Waals surface area contributed by atoms with Gasteiger partial charge in [-0.05, 0) is 46.2 Å². The third-order valence-corrected chi connectivity index (χ3v) is 4.07. The maximum absolute atomic E-state index is 13.5. The summed E-state index contributed by atoms with van der Waals surface area (Å²) < 4.78 is 33.0. The number of nitrogens with one attached hydrogen (secondary N) is 2. The van der Waals surface area contributed by atoms with E-state index >= 15 is 0 Å². The number of carbonyl (C=O) groups is 1. The molecule has 6 heteroatoms. The molecule has 1 saturated heterocycles. The van der Waals surface area contributed by atoms with E-state index in [4.69, 9.17) is 4.74 Å². The highest BCUT2D eigenvalue weighted by Crippen LogP contribution is 2.36. The van der Waals surface area contributed by atoms with Crippen LogP contribution in [0, 0.1) is 11.6 Å². The lowest BCUT2D eigenvalue weighted by Crippen LogP contribution is -2.46. The highest BCUT2D eigenvalue weighted by Gasteiger charge is 2.45. The molecule has 0 radical (unpaired) electrons. The summed E-state index contributed by atoms with van der Waals surface area (Å²) in [6, 6.07) is 3.51. The number of rotatable bonds is 5. The molecule has 1 aliphatic heterocycles. The van der Waals surface area contributed by atoms with Crippen LogP contribution in [-0.2, 0) is 4.74 Å². The third kappa shape index (κ3) is 4.26. The van der Waals surface area contributed by atoms with Crippen molar-refractivity contribution in [3.8, 4) is 0 Å². The Hall–Kier alpha value is -1.53. The summed E-state index contributed by atoms with van der Waals surface area (Å²) in [7, 11) is 0. The third-order valence-electron chi connectivity index (χ3n) is 4.07. The second kappa shape index (κ2) is 6.53. The molecule has 0 unspecified atom stereocenters. The molecule has 1 atom stereocenters. The molecule has 0 aromatic heterocycles. The SMILES string of the molecule is CC1(C)C[C@H](NCCNC(=O)c2c(F)cccc2F)C(C)(C)O1. The van der Waals surface area contributed by atoms with Crippen molar-refractivity contribution < 1.29 is 18.3 Å². The molecule has 1 aromatic rings. The summed E-state index contributed by atoms with van der Waals surface area (Å²) in [5, 5.41) is 5.87. The molecule has 2 rings (SSSR count). The fourth-order valence-electron chi connectivity index (χ4n) is 3.11. The number of halogens is 2. The van der Waals surface area contributed by atoms with Gasteiger partial charge in [0.2, 0.25) is 0 Å². The summed E-state index contributed by atoms with van der Waals surface area (Å²) >= 11 is 0.